The molecule has 8 nitrogen and oxygen atoms in total. The van der Waals surface area contributed by atoms with Crippen molar-refractivity contribution in [3.63, 3.8) is 0 Å². The van der Waals surface area contributed by atoms with Gasteiger partial charge in [0.25, 0.3) is 5.91 Å². The van der Waals surface area contributed by atoms with Gasteiger partial charge in [0.1, 0.15) is 11.2 Å². The Balaban J connectivity index is 1.62. The molecule has 3 heterocycles. The van der Waals surface area contributed by atoms with Crippen molar-refractivity contribution in [2.24, 2.45) is 0 Å². The minimum absolute atomic E-state index is 0.111. The third-order valence-corrected chi connectivity index (χ3v) is 7.10. The second-order valence-electron chi connectivity index (χ2n) is 6.87. The zero-order valence-corrected chi connectivity index (χ0v) is 19.8. The molecule has 0 fully saturated rings. The van der Waals surface area contributed by atoms with Crippen LogP contribution in [0.4, 0.5) is 9.80 Å². The van der Waals surface area contributed by atoms with Crippen LogP contribution < -0.4 is 20.1 Å². The SMILES string of the molecule is CCOC(=O)N1CCc2c(sc3c2C(=O)N[C@@H](c2cc(I)c(OC)c(OC)c2)N3)C1. The molecule has 1 aromatic heterocycles. The molecule has 0 unspecified atom stereocenters. The number of hydrogen-bond donors (Lipinski definition) is 2. The highest BCUT2D eigenvalue weighted by atomic mass is 127. The molecule has 1 aromatic carbocycles. The third kappa shape index (κ3) is 3.66. The molecule has 2 aliphatic rings. The van der Waals surface area contributed by atoms with E-state index in [-0.39, 0.29) is 18.2 Å². The smallest absolute Gasteiger partial charge is 0.410 e. The summed E-state index contributed by atoms with van der Waals surface area (Å²) < 4.78 is 16.9. The summed E-state index contributed by atoms with van der Waals surface area (Å²) in [5, 5.41) is 7.31. The fourth-order valence-electron chi connectivity index (χ4n) is 3.76. The molecule has 2 aromatic rings. The van der Waals surface area contributed by atoms with Gasteiger partial charge in [-0.25, -0.2) is 4.79 Å². The number of carbonyl (C=O) groups is 2. The number of methoxy groups -OCH3 is 2. The van der Waals surface area contributed by atoms with E-state index < -0.39 is 0 Å². The Morgan fingerprint density at radius 2 is 2.10 bits per heavy atom. The summed E-state index contributed by atoms with van der Waals surface area (Å²) in [5.41, 5.74) is 2.57. The molecule has 0 saturated heterocycles. The first-order chi connectivity index (χ1) is 14.5. The van der Waals surface area contributed by atoms with Gasteiger partial charge in [-0.3, -0.25) is 4.79 Å². The third-order valence-electron chi connectivity index (χ3n) is 5.15. The Labute approximate surface area is 192 Å². The molecule has 4 rings (SSSR count). The maximum atomic E-state index is 13.0. The Morgan fingerprint density at radius 3 is 2.80 bits per heavy atom. The lowest BCUT2D eigenvalue weighted by atomic mass is 10.0. The summed E-state index contributed by atoms with van der Waals surface area (Å²) in [4.78, 5) is 27.8. The molecule has 2 amide bonds. The first-order valence-corrected chi connectivity index (χ1v) is 11.4. The maximum Gasteiger partial charge on any atom is 0.410 e. The number of hydrogen-bond acceptors (Lipinski definition) is 7. The van der Waals surface area contributed by atoms with Crippen LogP contribution in [0, 0.1) is 3.57 Å². The lowest BCUT2D eigenvalue weighted by molar-refractivity contribution is 0.0934. The van der Waals surface area contributed by atoms with Gasteiger partial charge in [-0.15, -0.1) is 11.3 Å². The molecular weight excluding hydrogens is 521 g/mol. The van der Waals surface area contributed by atoms with Crippen molar-refractivity contribution >= 4 is 50.9 Å². The van der Waals surface area contributed by atoms with Gasteiger partial charge in [-0.05, 0) is 59.2 Å². The zero-order chi connectivity index (χ0) is 21.4. The standard InChI is InChI=1S/C20H22IN3O5S/c1-4-29-20(26)24-6-5-11-14(9-24)30-19-15(11)18(25)22-17(23-19)10-7-12(21)16(28-3)13(8-10)27-2/h7-8,17,23H,4-6,9H2,1-3H3,(H,22,25)/t17-/m1/s1. The number of ether oxygens (including phenoxy) is 3. The van der Waals surface area contributed by atoms with E-state index >= 15 is 0 Å². The van der Waals surface area contributed by atoms with E-state index in [1.807, 2.05) is 12.1 Å². The summed E-state index contributed by atoms with van der Waals surface area (Å²) in [6.07, 6.45) is -0.0714. The molecule has 30 heavy (non-hydrogen) atoms. The number of rotatable bonds is 4. The first-order valence-electron chi connectivity index (χ1n) is 9.51. The van der Waals surface area contributed by atoms with Gasteiger partial charge < -0.3 is 29.7 Å². The molecule has 160 valence electrons. The molecule has 0 radical (unpaired) electrons. The second kappa shape index (κ2) is 8.50. The van der Waals surface area contributed by atoms with Crippen molar-refractivity contribution in [2.45, 2.75) is 26.1 Å². The van der Waals surface area contributed by atoms with Crippen LogP contribution >= 0.6 is 33.9 Å². The van der Waals surface area contributed by atoms with E-state index in [0.717, 1.165) is 24.6 Å². The van der Waals surface area contributed by atoms with Crippen LogP contribution in [0.2, 0.25) is 0 Å². The number of benzene rings is 1. The minimum Gasteiger partial charge on any atom is -0.493 e. The monoisotopic (exact) mass is 543 g/mol. The largest absolute Gasteiger partial charge is 0.493 e. The number of anilines is 1. The van der Waals surface area contributed by atoms with Crippen molar-refractivity contribution in [1.82, 2.24) is 10.2 Å². The number of fused-ring (bicyclic) bond motifs is 3. The number of nitrogens with one attached hydrogen (secondary N) is 2. The van der Waals surface area contributed by atoms with E-state index in [9.17, 15) is 9.59 Å². The van der Waals surface area contributed by atoms with Crippen LogP contribution in [0.25, 0.3) is 0 Å². The van der Waals surface area contributed by atoms with E-state index in [1.54, 1.807) is 26.0 Å². The van der Waals surface area contributed by atoms with Crippen molar-refractivity contribution in [3.8, 4) is 11.5 Å². The van der Waals surface area contributed by atoms with E-state index in [1.165, 1.54) is 11.3 Å². The minimum atomic E-state index is -0.389. The average Bonchev–Trinajstić information content (AvgIpc) is 3.11. The van der Waals surface area contributed by atoms with Crippen LogP contribution in [0.1, 0.15) is 39.5 Å². The number of thiophene rings is 1. The molecule has 1 atom stereocenters. The predicted molar refractivity (Wildman–Crippen MR) is 122 cm³/mol. The topological polar surface area (TPSA) is 89.1 Å². The molecule has 2 aliphatic heterocycles. The summed E-state index contributed by atoms with van der Waals surface area (Å²) in [5.74, 6) is 1.16. The summed E-state index contributed by atoms with van der Waals surface area (Å²) in [6.45, 7) is 3.14. The zero-order valence-electron chi connectivity index (χ0n) is 16.8. The van der Waals surface area contributed by atoms with Crippen LogP contribution in [0.5, 0.6) is 11.5 Å². The summed E-state index contributed by atoms with van der Waals surface area (Å²) in [6, 6.07) is 3.82. The number of carbonyl (C=O) groups excluding carboxylic acids is 2. The van der Waals surface area contributed by atoms with Crippen molar-refractivity contribution in [3.05, 3.63) is 37.3 Å². The second-order valence-corrected chi connectivity index (χ2v) is 9.13. The molecule has 0 spiro atoms. The fourth-order valence-corrected chi connectivity index (χ4v) is 5.89. The Morgan fingerprint density at radius 1 is 1.30 bits per heavy atom. The highest BCUT2D eigenvalue weighted by Gasteiger charge is 2.35. The van der Waals surface area contributed by atoms with Crippen LogP contribution in [0.3, 0.4) is 0 Å². The summed E-state index contributed by atoms with van der Waals surface area (Å²) >= 11 is 3.71. The Kier molecular flexibility index (Phi) is 5.96. The normalized spacial score (nSPS) is 17.4. The number of nitrogens with zero attached hydrogens (tertiary/aromatic N) is 1. The molecule has 0 saturated carbocycles. The first kappa shape index (κ1) is 21.0. The van der Waals surface area contributed by atoms with Crippen LogP contribution in [-0.2, 0) is 17.7 Å². The predicted octanol–water partition coefficient (Wildman–Crippen LogP) is 3.74. The highest BCUT2D eigenvalue weighted by molar-refractivity contribution is 14.1. The molecule has 2 N–H and O–H groups in total. The Bertz CT molecular complexity index is 1010. The van der Waals surface area contributed by atoms with Crippen LogP contribution in [-0.4, -0.2) is 44.3 Å². The van der Waals surface area contributed by atoms with Gasteiger partial charge in [-0.2, -0.15) is 0 Å². The van der Waals surface area contributed by atoms with E-state index in [4.69, 9.17) is 14.2 Å². The lowest BCUT2D eigenvalue weighted by Gasteiger charge is -2.28. The van der Waals surface area contributed by atoms with Gasteiger partial charge in [0.05, 0.1) is 36.5 Å². The fraction of sp³-hybridized carbons (Fsp3) is 0.400. The quantitative estimate of drug-likeness (QED) is 0.572. The van der Waals surface area contributed by atoms with E-state index in [0.29, 0.717) is 43.2 Å². The summed E-state index contributed by atoms with van der Waals surface area (Å²) in [7, 11) is 3.19. The van der Waals surface area contributed by atoms with Gasteiger partial charge >= 0.3 is 6.09 Å². The lowest BCUT2D eigenvalue weighted by Crippen LogP contribution is -2.39. The molecule has 0 aliphatic carbocycles. The van der Waals surface area contributed by atoms with Gasteiger partial charge in [0, 0.05) is 11.4 Å². The molecule has 0 bridgehead atoms. The van der Waals surface area contributed by atoms with Gasteiger partial charge in [-0.1, -0.05) is 0 Å². The number of amides is 2. The van der Waals surface area contributed by atoms with Crippen molar-refractivity contribution < 1.29 is 23.8 Å². The van der Waals surface area contributed by atoms with Crippen LogP contribution in [0.15, 0.2) is 12.1 Å². The van der Waals surface area contributed by atoms with E-state index in [2.05, 4.69) is 33.2 Å². The molecular formula is C20H22IN3O5S. The Hall–Kier alpha value is -2.21. The van der Waals surface area contributed by atoms with Crippen molar-refractivity contribution in [1.29, 1.82) is 0 Å². The highest BCUT2D eigenvalue weighted by Crippen LogP contribution is 2.42. The van der Waals surface area contributed by atoms with Gasteiger partial charge in [0.2, 0.25) is 0 Å². The number of halogens is 1. The molecule has 10 heteroatoms. The average molecular weight is 543 g/mol. The van der Waals surface area contributed by atoms with Crippen molar-refractivity contribution in [2.75, 3.05) is 32.7 Å². The maximum absolute atomic E-state index is 13.0. The van der Waals surface area contributed by atoms with Gasteiger partial charge in [0.15, 0.2) is 11.5 Å².